The number of hydrogen-bond acceptors (Lipinski definition) is 4. The number of rotatable bonds is 20. The molecule has 1 aromatic rings. The van der Waals surface area contributed by atoms with Crippen LogP contribution >= 0.6 is 0 Å². The van der Waals surface area contributed by atoms with Crippen molar-refractivity contribution in [2.24, 2.45) is 0 Å². The zero-order valence-electron chi connectivity index (χ0n) is 21.2. The van der Waals surface area contributed by atoms with Gasteiger partial charge in [0.15, 0.2) is 11.5 Å². The number of unbranched alkanes of at least 4 members (excludes halogenated alkanes) is 14. The van der Waals surface area contributed by atoms with Crippen molar-refractivity contribution in [3.8, 4) is 11.5 Å². The molecule has 1 rings (SSSR count). The summed E-state index contributed by atoms with van der Waals surface area (Å²) in [5.41, 5.74) is 0.875. The molecule has 0 saturated carbocycles. The van der Waals surface area contributed by atoms with E-state index in [2.05, 4.69) is 13.5 Å². The first-order chi connectivity index (χ1) is 16.0. The van der Waals surface area contributed by atoms with Gasteiger partial charge < -0.3 is 14.9 Å². The van der Waals surface area contributed by atoms with E-state index >= 15 is 0 Å². The molecule has 0 bridgehead atoms. The molecule has 188 valence electrons. The van der Waals surface area contributed by atoms with Crippen LogP contribution in [-0.2, 0) is 9.53 Å². The molecular weight excluding hydrogens is 412 g/mol. The van der Waals surface area contributed by atoms with Gasteiger partial charge in [0.05, 0.1) is 0 Å². The van der Waals surface area contributed by atoms with E-state index < -0.39 is 5.97 Å². The predicted molar refractivity (Wildman–Crippen MR) is 138 cm³/mol. The van der Waals surface area contributed by atoms with Crippen molar-refractivity contribution in [3.63, 3.8) is 0 Å². The molecule has 4 nitrogen and oxygen atoms in total. The number of hydrogen-bond donors (Lipinski definition) is 2. The molecule has 2 unspecified atom stereocenters. The molecule has 33 heavy (non-hydrogen) atoms. The highest BCUT2D eigenvalue weighted by Gasteiger charge is 2.23. The number of benzene rings is 1. The average Bonchev–Trinajstić information content (AvgIpc) is 2.80. The van der Waals surface area contributed by atoms with Crippen molar-refractivity contribution >= 4 is 5.97 Å². The Hall–Kier alpha value is -1.97. The fourth-order valence-electron chi connectivity index (χ4n) is 4.49. The summed E-state index contributed by atoms with van der Waals surface area (Å²) >= 11 is 0. The number of ether oxygens (including phenoxy) is 1. The van der Waals surface area contributed by atoms with E-state index in [-0.39, 0.29) is 23.5 Å². The normalized spacial score (nSPS) is 12.9. The van der Waals surface area contributed by atoms with E-state index in [0.29, 0.717) is 0 Å². The Bertz CT molecular complexity index is 655. The summed E-state index contributed by atoms with van der Waals surface area (Å²) in [7, 11) is 0. The Morgan fingerprint density at radius 3 is 1.79 bits per heavy atom. The van der Waals surface area contributed by atoms with Crippen LogP contribution in [0, 0.1) is 0 Å². The van der Waals surface area contributed by atoms with Crippen molar-refractivity contribution in [2.75, 3.05) is 0 Å². The first-order valence-electron chi connectivity index (χ1n) is 13.3. The second kappa shape index (κ2) is 18.5. The summed E-state index contributed by atoms with van der Waals surface area (Å²) in [5.74, 6) is -0.745. The number of carbonyl (C=O) groups excluding carboxylic acids is 1. The molecule has 0 heterocycles. The van der Waals surface area contributed by atoms with E-state index in [1.54, 1.807) is 12.1 Å². The van der Waals surface area contributed by atoms with E-state index in [9.17, 15) is 15.0 Å². The quantitative estimate of drug-likeness (QED) is 0.0885. The third kappa shape index (κ3) is 13.4. The number of aromatic hydroxyl groups is 2. The molecule has 0 aliphatic rings. The third-order valence-electron chi connectivity index (χ3n) is 6.58. The Morgan fingerprint density at radius 1 is 0.848 bits per heavy atom. The molecule has 0 aliphatic carbocycles. The topological polar surface area (TPSA) is 66.8 Å². The van der Waals surface area contributed by atoms with E-state index in [4.69, 9.17) is 4.74 Å². The molecule has 0 aromatic heterocycles. The van der Waals surface area contributed by atoms with Crippen LogP contribution in [0.25, 0.3) is 0 Å². The van der Waals surface area contributed by atoms with Crippen molar-refractivity contribution in [1.29, 1.82) is 0 Å². The van der Waals surface area contributed by atoms with Gasteiger partial charge in [0, 0.05) is 12.0 Å². The minimum atomic E-state index is -0.438. The molecule has 0 aliphatic heterocycles. The smallest absolute Gasteiger partial charge is 0.330 e. The lowest BCUT2D eigenvalue weighted by molar-refractivity contribution is -0.143. The van der Waals surface area contributed by atoms with Gasteiger partial charge in [-0.25, -0.2) is 4.79 Å². The molecular formula is C29H48O4. The second-order valence-corrected chi connectivity index (χ2v) is 9.44. The van der Waals surface area contributed by atoms with Crippen LogP contribution in [0.15, 0.2) is 30.9 Å². The standard InChI is InChI=1S/C29H48O4/c1-4-6-7-8-9-10-11-12-13-14-15-16-17-18-19-20-26(24(3)33-29(32)5-2)25-21-22-27(30)28(31)23-25/h5,21-24,26,30-31H,2,4,6-20H2,1,3H3. The van der Waals surface area contributed by atoms with E-state index in [1.807, 2.05) is 6.92 Å². The van der Waals surface area contributed by atoms with Crippen molar-refractivity contribution < 1.29 is 19.7 Å². The van der Waals surface area contributed by atoms with E-state index in [1.165, 1.54) is 95.6 Å². The van der Waals surface area contributed by atoms with Crippen molar-refractivity contribution in [1.82, 2.24) is 0 Å². The molecule has 0 fully saturated rings. The van der Waals surface area contributed by atoms with Gasteiger partial charge in [0.1, 0.15) is 6.10 Å². The van der Waals surface area contributed by atoms with Gasteiger partial charge in [0.2, 0.25) is 0 Å². The maximum absolute atomic E-state index is 11.7. The highest BCUT2D eigenvalue weighted by atomic mass is 16.5. The van der Waals surface area contributed by atoms with Gasteiger partial charge in [-0.2, -0.15) is 0 Å². The summed E-state index contributed by atoms with van der Waals surface area (Å²) in [6, 6.07) is 4.86. The van der Waals surface area contributed by atoms with Gasteiger partial charge in [-0.15, -0.1) is 0 Å². The van der Waals surface area contributed by atoms with Crippen LogP contribution in [0.2, 0.25) is 0 Å². The Balaban J connectivity index is 2.22. The molecule has 0 amide bonds. The second-order valence-electron chi connectivity index (χ2n) is 9.44. The minimum absolute atomic E-state index is 0.0256. The van der Waals surface area contributed by atoms with Crippen LogP contribution < -0.4 is 0 Å². The van der Waals surface area contributed by atoms with Crippen molar-refractivity contribution in [3.05, 3.63) is 36.4 Å². The molecule has 2 atom stereocenters. The number of phenols is 2. The SMILES string of the molecule is C=CC(=O)OC(C)C(CCCCCCCCCCCCCCCCC)c1ccc(O)c(O)c1. The summed E-state index contributed by atoms with van der Waals surface area (Å²) < 4.78 is 5.46. The zero-order chi connectivity index (χ0) is 24.3. The Morgan fingerprint density at radius 2 is 1.33 bits per heavy atom. The first kappa shape index (κ1) is 29.1. The summed E-state index contributed by atoms with van der Waals surface area (Å²) in [4.78, 5) is 11.7. The van der Waals surface area contributed by atoms with Gasteiger partial charge in [-0.1, -0.05) is 116 Å². The highest BCUT2D eigenvalue weighted by Crippen LogP contribution is 2.34. The highest BCUT2D eigenvalue weighted by molar-refractivity contribution is 5.81. The summed E-state index contributed by atoms with van der Waals surface area (Å²) in [6.45, 7) is 7.61. The molecule has 1 aromatic carbocycles. The van der Waals surface area contributed by atoms with Crippen LogP contribution in [0.1, 0.15) is 128 Å². The van der Waals surface area contributed by atoms with Crippen LogP contribution in [0.4, 0.5) is 0 Å². The number of esters is 1. The maximum atomic E-state index is 11.7. The maximum Gasteiger partial charge on any atom is 0.330 e. The Labute approximate surface area is 202 Å². The van der Waals surface area contributed by atoms with E-state index in [0.717, 1.165) is 24.8 Å². The summed E-state index contributed by atoms with van der Waals surface area (Å²) in [5, 5.41) is 19.5. The fraction of sp³-hybridized carbons (Fsp3) is 0.690. The average molecular weight is 461 g/mol. The molecule has 2 N–H and O–H groups in total. The predicted octanol–water partition coefficient (Wildman–Crippen LogP) is 8.56. The first-order valence-corrected chi connectivity index (χ1v) is 13.3. The Kier molecular flexibility index (Phi) is 16.3. The summed E-state index contributed by atoms with van der Waals surface area (Å²) in [6.07, 6.45) is 21.6. The minimum Gasteiger partial charge on any atom is -0.504 e. The van der Waals surface area contributed by atoms with Gasteiger partial charge in [-0.05, 0) is 31.0 Å². The lowest BCUT2D eigenvalue weighted by Gasteiger charge is -2.24. The monoisotopic (exact) mass is 460 g/mol. The van der Waals surface area contributed by atoms with Gasteiger partial charge in [-0.3, -0.25) is 0 Å². The zero-order valence-corrected chi connectivity index (χ0v) is 21.2. The fourth-order valence-corrected chi connectivity index (χ4v) is 4.49. The van der Waals surface area contributed by atoms with Gasteiger partial charge in [0.25, 0.3) is 0 Å². The lowest BCUT2D eigenvalue weighted by Crippen LogP contribution is -2.22. The lowest BCUT2D eigenvalue weighted by atomic mass is 9.88. The van der Waals surface area contributed by atoms with Gasteiger partial charge >= 0.3 is 5.97 Å². The molecule has 0 radical (unpaired) electrons. The molecule has 4 heteroatoms. The number of phenolic OH excluding ortho intramolecular Hbond substituents is 2. The largest absolute Gasteiger partial charge is 0.504 e. The number of carbonyl (C=O) groups is 1. The molecule has 0 saturated heterocycles. The van der Waals surface area contributed by atoms with Crippen LogP contribution in [0.3, 0.4) is 0 Å². The van der Waals surface area contributed by atoms with Crippen LogP contribution in [0.5, 0.6) is 11.5 Å². The molecule has 0 spiro atoms. The van der Waals surface area contributed by atoms with Crippen LogP contribution in [-0.4, -0.2) is 22.3 Å². The third-order valence-corrected chi connectivity index (χ3v) is 6.58. The van der Waals surface area contributed by atoms with Crippen molar-refractivity contribution in [2.45, 2.75) is 129 Å².